The zero-order valence-corrected chi connectivity index (χ0v) is 21.5. The molecule has 0 aromatic rings. The lowest BCUT2D eigenvalue weighted by atomic mass is 10.0. The van der Waals surface area contributed by atoms with Crippen molar-refractivity contribution in [1.29, 1.82) is 0 Å². The highest BCUT2D eigenvalue weighted by Crippen LogP contribution is 2.16. The van der Waals surface area contributed by atoms with Crippen LogP contribution in [0.15, 0.2) is 0 Å². The Morgan fingerprint density at radius 3 is 1.25 bits per heavy atom. The van der Waals surface area contributed by atoms with Gasteiger partial charge in [0, 0.05) is 10.2 Å². The van der Waals surface area contributed by atoms with Gasteiger partial charge >= 0.3 is 0 Å². The summed E-state index contributed by atoms with van der Waals surface area (Å²) < 4.78 is 0.360. The first kappa shape index (κ1) is 28.1. The summed E-state index contributed by atoms with van der Waals surface area (Å²) in [5.41, 5.74) is -0.766. The second-order valence-electron chi connectivity index (χ2n) is 9.45. The molecule has 5 heteroatoms. The molecular weight excluding hydrogens is 366 g/mol. The number of hydrogen-bond donors (Lipinski definition) is 3. The van der Waals surface area contributed by atoms with Crippen LogP contribution in [0.4, 0.5) is 0 Å². The lowest BCUT2D eigenvalue weighted by Gasteiger charge is -2.37. The minimum atomic E-state index is -1.03. The summed E-state index contributed by atoms with van der Waals surface area (Å²) in [5, 5.41) is 29.6. The number of aliphatic hydroxyl groups excluding tert-OH is 3. The molecule has 0 radical (unpaired) electrons. The SMILES string of the molecule is CCCCCCCCCCCCCCCCCC[N+](C)(C)C(O)C(O)C(O)[SiH3]. The molecule has 0 spiro atoms. The molecule has 0 aromatic carbocycles. The molecular formula is C23H52NO3Si+. The van der Waals surface area contributed by atoms with Crippen molar-refractivity contribution in [3.8, 4) is 0 Å². The van der Waals surface area contributed by atoms with Gasteiger partial charge in [-0.05, 0) is 12.8 Å². The molecule has 28 heavy (non-hydrogen) atoms. The number of unbranched alkanes of at least 4 members (excludes halogenated alkanes) is 15. The van der Waals surface area contributed by atoms with Gasteiger partial charge in [-0.15, -0.1) is 0 Å². The van der Waals surface area contributed by atoms with E-state index in [1.165, 1.54) is 96.3 Å². The Bertz CT molecular complexity index is 340. The first-order chi connectivity index (χ1) is 13.3. The molecule has 0 aliphatic rings. The van der Waals surface area contributed by atoms with Crippen molar-refractivity contribution >= 4 is 10.2 Å². The van der Waals surface area contributed by atoms with Crippen LogP contribution in [-0.4, -0.2) is 68.7 Å². The van der Waals surface area contributed by atoms with Crippen LogP contribution in [-0.2, 0) is 0 Å². The number of quaternary nitrogens is 1. The second kappa shape index (κ2) is 17.9. The molecule has 0 aliphatic carbocycles. The minimum Gasteiger partial charge on any atom is -0.395 e. The van der Waals surface area contributed by atoms with Gasteiger partial charge in [0.05, 0.1) is 26.4 Å². The van der Waals surface area contributed by atoms with Crippen molar-refractivity contribution in [2.75, 3.05) is 20.6 Å². The van der Waals surface area contributed by atoms with E-state index in [1.54, 1.807) is 0 Å². The lowest BCUT2D eigenvalue weighted by molar-refractivity contribution is -0.941. The molecule has 3 N–H and O–H groups in total. The third-order valence-electron chi connectivity index (χ3n) is 6.10. The highest BCUT2D eigenvalue weighted by atomic mass is 28.1. The van der Waals surface area contributed by atoms with Crippen LogP contribution in [0.3, 0.4) is 0 Å². The predicted molar refractivity (Wildman–Crippen MR) is 124 cm³/mol. The first-order valence-electron chi connectivity index (χ1n) is 12.2. The molecule has 0 aromatic heterocycles. The molecule has 3 unspecified atom stereocenters. The third-order valence-corrected chi connectivity index (χ3v) is 6.79. The molecule has 0 fully saturated rings. The molecule has 170 valence electrons. The molecule has 4 nitrogen and oxygen atoms in total. The Kier molecular flexibility index (Phi) is 17.9. The van der Waals surface area contributed by atoms with Crippen LogP contribution in [0.5, 0.6) is 0 Å². The quantitative estimate of drug-likeness (QED) is 0.122. The van der Waals surface area contributed by atoms with Gasteiger partial charge in [-0.3, -0.25) is 0 Å². The van der Waals surface area contributed by atoms with E-state index in [2.05, 4.69) is 6.92 Å². The molecule has 0 bridgehead atoms. The molecule has 3 atom stereocenters. The van der Waals surface area contributed by atoms with Gasteiger partial charge in [0.15, 0.2) is 6.10 Å². The van der Waals surface area contributed by atoms with Gasteiger partial charge < -0.3 is 19.8 Å². The second-order valence-corrected chi connectivity index (χ2v) is 10.6. The fraction of sp³-hybridized carbons (Fsp3) is 1.00. The van der Waals surface area contributed by atoms with Crippen molar-refractivity contribution in [1.82, 2.24) is 0 Å². The topological polar surface area (TPSA) is 60.7 Å². The summed E-state index contributed by atoms with van der Waals surface area (Å²) in [6.07, 6.45) is 19.8. The standard InChI is InChI=1S/C23H52NO3Si/c1-4-5-6-7-8-9-10-11-12-13-14-15-16-17-18-19-20-24(2,3)22(26)21(25)23(27)28/h21-23,25-27H,4-20H2,1-3,28H3/q+1. The Hall–Kier alpha value is 0.0569. The maximum absolute atomic E-state index is 10.2. The average molecular weight is 419 g/mol. The van der Waals surface area contributed by atoms with Crippen LogP contribution >= 0.6 is 0 Å². The van der Waals surface area contributed by atoms with E-state index in [9.17, 15) is 15.3 Å². The summed E-state index contributed by atoms with van der Waals surface area (Å²) >= 11 is 0. The van der Waals surface area contributed by atoms with E-state index in [0.717, 1.165) is 13.0 Å². The summed E-state index contributed by atoms with van der Waals surface area (Å²) in [6, 6.07) is 0. The van der Waals surface area contributed by atoms with Gasteiger partial charge in [-0.1, -0.05) is 96.8 Å². The van der Waals surface area contributed by atoms with Gasteiger partial charge in [-0.2, -0.15) is 0 Å². The summed E-state index contributed by atoms with van der Waals surface area (Å²) in [7, 11) is 4.34. The Labute approximate surface area is 178 Å². The van der Waals surface area contributed by atoms with Gasteiger partial charge in [0.2, 0.25) is 6.23 Å². The van der Waals surface area contributed by atoms with E-state index < -0.39 is 18.1 Å². The monoisotopic (exact) mass is 418 g/mol. The maximum atomic E-state index is 10.2. The summed E-state index contributed by atoms with van der Waals surface area (Å²) in [5.74, 6) is 0. The number of hydrogen-bond acceptors (Lipinski definition) is 3. The van der Waals surface area contributed by atoms with E-state index in [1.807, 2.05) is 14.1 Å². The van der Waals surface area contributed by atoms with Crippen molar-refractivity contribution in [3.05, 3.63) is 0 Å². The average Bonchev–Trinajstić information content (AvgIpc) is 2.66. The lowest BCUT2D eigenvalue weighted by Crippen LogP contribution is -2.58. The van der Waals surface area contributed by atoms with E-state index >= 15 is 0 Å². The van der Waals surface area contributed by atoms with Crippen molar-refractivity contribution in [2.24, 2.45) is 0 Å². The number of rotatable bonds is 20. The van der Waals surface area contributed by atoms with Crippen LogP contribution in [0, 0.1) is 0 Å². The number of aliphatic hydroxyl groups is 3. The van der Waals surface area contributed by atoms with Crippen molar-refractivity contribution < 1.29 is 19.8 Å². The van der Waals surface area contributed by atoms with Crippen molar-refractivity contribution in [3.63, 3.8) is 0 Å². The highest BCUT2D eigenvalue weighted by Gasteiger charge is 2.34. The van der Waals surface area contributed by atoms with Gasteiger partial charge in [0.1, 0.15) is 0 Å². The van der Waals surface area contributed by atoms with Crippen LogP contribution in [0.1, 0.15) is 110 Å². The summed E-state index contributed by atoms with van der Waals surface area (Å²) in [4.78, 5) is 0. The number of nitrogens with zero attached hydrogens (tertiary/aromatic N) is 1. The first-order valence-corrected chi connectivity index (χ1v) is 13.3. The molecule has 0 amide bonds. The van der Waals surface area contributed by atoms with Crippen LogP contribution < -0.4 is 0 Å². The van der Waals surface area contributed by atoms with E-state index in [4.69, 9.17) is 0 Å². The third kappa shape index (κ3) is 15.0. The zero-order valence-electron chi connectivity index (χ0n) is 19.5. The highest BCUT2D eigenvalue weighted by molar-refractivity contribution is 6.11. The molecule has 0 saturated heterocycles. The molecule has 0 aliphatic heterocycles. The molecule has 0 saturated carbocycles. The Balaban J connectivity index is 3.42. The Morgan fingerprint density at radius 2 is 0.929 bits per heavy atom. The fourth-order valence-electron chi connectivity index (χ4n) is 3.86. The van der Waals surface area contributed by atoms with Crippen LogP contribution in [0.25, 0.3) is 0 Å². The van der Waals surface area contributed by atoms with E-state index in [-0.39, 0.29) is 0 Å². The molecule has 0 heterocycles. The molecule has 0 rings (SSSR count). The fourth-order valence-corrected chi connectivity index (χ4v) is 4.21. The normalized spacial score (nSPS) is 15.6. The van der Waals surface area contributed by atoms with Gasteiger partial charge in [0.25, 0.3) is 0 Å². The van der Waals surface area contributed by atoms with Crippen molar-refractivity contribution in [2.45, 2.75) is 128 Å². The van der Waals surface area contributed by atoms with Gasteiger partial charge in [-0.25, -0.2) is 0 Å². The number of likely N-dealkylation sites (N-methyl/N-ethyl adjacent to an activating group) is 1. The predicted octanol–water partition coefficient (Wildman–Crippen LogP) is 3.69. The largest absolute Gasteiger partial charge is 0.395 e. The Morgan fingerprint density at radius 1 is 0.607 bits per heavy atom. The minimum absolute atomic E-state index is 0.360. The maximum Gasteiger partial charge on any atom is 0.219 e. The zero-order chi connectivity index (χ0) is 21.3. The smallest absolute Gasteiger partial charge is 0.219 e. The van der Waals surface area contributed by atoms with Crippen LogP contribution in [0.2, 0.25) is 0 Å². The summed E-state index contributed by atoms with van der Waals surface area (Å²) in [6.45, 7) is 3.12. The van der Waals surface area contributed by atoms with E-state index in [0.29, 0.717) is 14.7 Å².